The van der Waals surface area contributed by atoms with Gasteiger partial charge in [0.2, 0.25) is 0 Å². The number of rotatable bonds is 7. The van der Waals surface area contributed by atoms with Gasteiger partial charge in [-0.2, -0.15) is 0 Å². The van der Waals surface area contributed by atoms with E-state index < -0.39 is 0 Å². The third-order valence-electron chi connectivity index (χ3n) is 3.62. The zero-order chi connectivity index (χ0) is 10.9. The molecular formula is C13H28N2. The van der Waals surface area contributed by atoms with E-state index in [0.29, 0.717) is 0 Å². The summed E-state index contributed by atoms with van der Waals surface area (Å²) in [6, 6.07) is 0.883. The molecule has 0 amide bonds. The van der Waals surface area contributed by atoms with Crippen molar-refractivity contribution in [3.8, 4) is 0 Å². The van der Waals surface area contributed by atoms with E-state index in [1.54, 1.807) is 0 Å². The molecule has 0 saturated carbocycles. The van der Waals surface area contributed by atoms with Crippen molar-refractivity contribution in [3.63, 3.8) is 0 Å². The third kappa shape index (κ3) is 4.98. The van der Waals surface area contributed by atoms with Gasteiger partial charge in [-0.1, -0.05) is 26.2 Å². The van der Waals surface area contributed by atoms with Gasteiger partial charge in [-0.15, -0.1) is 0 Å². The van der Waals surface area contributed by atoms with Crippen LogP contribution in [0.3, 0.4) is 0 Å². The summed E-state index contributed by atoms with van der Waals surface area (Å²) in [5.74, 6) is 0. The topological polar surface area (TPSA) is 29.3 Å². The van der Waals surface area contributed by atoms with Crippen molar-refractivity contribution in [2.75, 3.05) is 19.6 Å². The molecule has 90 valence electrons. The first-order chi connectivity index (χ1) is 7.38. The highest BCUT2D eigenvalue weighted by atomic mass is 15.2. The largest absolute Gasteiger partial charge is 0.330 e. The molecule has 0 spiro atoms. The standard InChI is InChI=1S/C13H28N2/c1-2-13-9-5-8-12-15(13)11-7-4-3-6-10-14/h13H,2-12,14H2,1H3. The van der Waals surface area contributed by atoms with Crippen LogP contribution in [0.5, 0.6) is 0 Å². The van der Waals surface area contributed by atoms with Crippen LogP contribution in [-0.2, 0) is 0 Å². The zero-order valence-corrected chi connectivity index (χ0v) is 10.4. The molecule has 2 nitrogen and oxygen atoms in total. The van der Waals surface area contributed by atoms with Crippen LogP contribution in [0.2, 0.25) is 0 Å². The molecule has 1 rings (SSSR count). The van der Waals surface area contributed by atoms with Crippen LogP contribution < -0.4 is 5.73 Å². The Morgan fingerprint density at radius 2 is 1.93 bits per heavy atom. The minimum Gasteiger partial charge on any atom is -0.330 e. The van der Waals surface area contributed by atoms with Crippen molar-refractivity contribution in [2.24, 2.45) is 5.73 Å². The Kier molecular flexibility index (Phi) is 7.03. The summed E-state index contributed by atoms with van der Waals surface area (Å²) in [6.07, 6.45) is 10.9. The Labute approximate surface area is 95.2 Å². The van der Waals surface area contributed by atoms with Crippen molar-refractivity contribution in [2.45, 2.75) is 64.3 Å². The van der Waals surface area contributed by atoms with Crippen LogP contribution in [-0.4, -0.2) is 30.6 Å². The van der Waals surface area contributed by atoms with Gasteiger partial charge in [0, 0.05) is 6.04 Å². The summed E-state index contributed by atoms with van der Waals surface area (Å²) in [5, 5.41) is 0. The number of piperidine rings is 1. The molecule has 1 fully saturated rings. The molecule has 1 unspecified atom stereocenters. The Balaban J connectivity index is 2.07. The highest BCUT2D eigenvalue weighted by Gasteiger charge is 2.19. The molecule has 2 N–H and O–H groups in total. The molecule has 0 radical (unpaired) electrons. The van der Waals surface area contributed by atoms with Crippen molar-refractivity contribution < 1.29 is 0 Å². The fourth-order valence-electron chi connectivity index (χ4n) is 2.63. The van der Waals surface area contributed by atoms with Crippen LogP contribution in [0.15, 0.2) is 0 Å². The van der Waals surface area contributed by atoms with Crippen molar-refractivity contribution >= 4 is 0 Å². The number of hydrogen-bond acceptors (Lipinski definition) is 2. The van der Waals surface area contributed by atoms with Gasteiger partial charge in [0.15, 0.2) is 0 Å². The number of nitrogens with zero attached hydrogens (tertiary/aromatic N) is 1. The first kappa shape index (κ1) is 13.0. The van der Waals surface area contributed by atoms with E-state index in [1.165, 1.54) is 64.5 Å². The predicted molar refractivity (Wildman–Crippen MR) is 67.0 cm³/mol. The number of unbranched alkanes of at least 4 members (excludes halogenated alkanes) is 3. The maximum absolute atomic E-state index is 5.49. The van der Waals surface area contributed by atoms with E-state index in [1.807, 2.05) is 0 Å². The molecule has 0 aliphatic carbocycles. The molecule has 1 aliphatic rings. The SMILES string of the molecule is CCC1CCCCN1CCCCCCN. The second kappa shape index (κ2) is 8.12. The average Bonchev–Trinajstić information content (AvgIpc) is 2.29. The summed E-state index contributed by atoms with van der Waals surface area (Å²) in [4.78, 5) is 2.71. The number of hydrogen-bond donors (Lipinski definition) is 1. The lowest BCUT2D eigenvalue weighted by Gasteiger charge is -2.35. The molecule has 1 aliphatic heterocycles. The van der Waals surface area contributed by atoms with E-state index in [2.05, 4.69) is 11.8 Å². The van der Waals surface area contributed by atoms with E-state index >= 15 is 0 Å². The fraction of sp³-hybridized carbons (Fsp3) is 1.00. The molecule has 1 atom stereocenters. The van der Waals surface area contributed by atoms with Gasteiger partial charge in [-0.3, -0.25) is 0 Å². The minimum absolute atomic E-state index is 0.862. The van der Waals surface area contributed by atoms with Crippen LogP contribution in [0, 0.1) is 0 Å². The van der Waals surface area contributed by atoms with E-state index in [9.17, 15) is 0 Å². The van der Waals surface area contributed by atoms with Gasteiger partial charge >= 0.3 is 0 Å². The summed E-state index contributed by atoms with van der Waals surface area (Å²) in [7, 11) is 0. The Morgan fingerprint density at radius 1 is 1.13 bits per heavy atom. The molecule has 0 aromatic rings. The Hall–Kier alpha value is -0.0800. The third-order valence-corrected chi connectivity index (χ3v) is 3.62. The Bertz CT molecular complexity index is 147. The normalized spacial score (nSPS) is 23.2. The summed E-state index contributed by atoms with van der Waals surface area (Å²) in [6.45, 7) is 5.86. The quantitative estimate of drug-likeness (QED) is 0.658. The summed E-state index contributed by atoms with van der Waals surface area (Å²) < 4.78 is 0. The molecule has 0 aromatic carbocycles. The van der Waals surface area contributed by atoms with Crippen molar-refractivity contribution in [1.29, 1.82) is 0 Å². The van der Waals surface area contributed by atoms with E-state index in [4.69, 9.17) is 5.73 Å². The van der Waals surface area contributed by atoms with Gasteiger partial charge < -0.3 is 10.6 Å². The molecule has 2 heteroatoms. The fourth-order valence-corrected chi connectivity index (χ4v) is 2.63. The second-order valence-electron chi connectivity index (χ2n) is 4.80. The maximum Gasteiger partial charge on any atom is 0.00926 e. The van der Waals surface area contributed by atoms with Crippen LogP contribution in [0.25, 0.3) is 0 Å². The van der Waals surface area contributed by atoms with Crippen LogP contribution >= 0.6 is 0 Å². The highest BCUT2D eigenvalue weighted by Crippen LogP contribution is 2.19. The molecule has 1 saturated heterocycles. The van der Waals surface area contributed by atoms with E-state index in [0.717, 1.165) is 12.6 Å². The Morgan fingerprint density at radius 3 is 2.67 bits per heavy atom. The number of nitrogens with two attached hydrogens (primary N) is 1. The molecule has 15 heavy (non-hydrogen) atoms. The van der Waals surface area contributed by atoms with Gasteiger partial charge in [0.05, 0.1) is 0 Å². The maximum atomic E-state index is 5.49. The minimum atomic E-state index is 0.862. The first-order valence-electron chi connectivity index (χ1n) is 6.82. The second-order valence-corrected chi connectivity index (χ2v) is 4.80. The first-order valence-corrected chi connectivity index (χ1v) is 6.82. The van der Waals surface area contributed by atoms with Gasteiger partial charge in [-0.05, 0) is 51.7 Å². The summed E-state index contributed by atoms with van der Waals surface area (Å²) >= 11 is 0. The van der Waals surface area contributed by atoms with Crippen LogP contribution in [0.1, 0.15) is 58.3 Å². The van der Waals surface area contributed by atoms with Crippen LogP contribution in [0.4, 0.5) is 0 Å². The summed E-state index contributed by atoms with van der Waals surface area (Å²) in [5.41, 5.74) is 5.49. The lowest BCUT2D eigenvalue weighted by Crippen LogP contribution is -2.39. The van der Waals surface area contributed by atoms with E-state index in [-0.39, 0.29) is 0 Å². The highest BCUT2D eigenvalue weighted by molar-refractivity contribution is 4.75. The van der Waals surface area contributed by atoms with Crippen molar-refractivity contribution in [3.05, 3.63) is 0 Å². The lowest BCUT2D eigenvalue weighted by atomic mass is 9.99. The monoisotopic (exact) mass is 212 g/mol. The average molecular weight is 212 g/mol. The van der Waals surface area contributed by atoms with Gasteiger partial charge in [-0.25, -0.2) is 0 Å². The van der Waals surface area contributed by atoms with Gasteiger partial charge in [0.25, 0.3) is 0 Å². The molecule has 0 aromatic heterocycles. The molecule has 0 bridgehead atoms. The number of likely N-dealkylation sites (tertiary alicyclic amines) is 1. The smallest absolute Gasteiger partial charge is 0.00926 e. The zero-order valence-electron chi connectivity index (χ0n) is 10.4. The lowest BCUT2D eigenvalue weighted by molar-refractivity contribution is 0.141. The molecule has 1 heterocycles. The van der Waals surface area contributed by atoms with Crippen molar-refractivity contribution in [1.82, 2.24) is 4.90 Å². The van der Waals surface area contributed by atoms with Gasteiger partial charge in [0.1, 0.15) is 0 Å². The predicted octanol–water partition coefficient (Wildman–Crippen LogP) is 2.77. The molecular weight excluding hydrogens is 184 g/mol.